The van der Waals surface area contributed by atoms with Crippen LogP contribution in [0, 0.1) is 11.3 Å². The van der Waals surface area contributed by atoms with Crippen LogP contribution in [0.25, 0.3) is 5.52 Å². The van der Waals surface area contributed by atoms with Gasteiger partial charge in [0.1, 0.15) is 24.2 Å². The largest absolute Gasteiger partial charge is 0.491 e. The van der Waals surface area contributed by atoms with Crippen molar-refractivity contribution in [2.24, 2.45) is 0 Å². The summed E-state index contributed by atoms with van der Waals surface area (Å²) < 4.78 is 7.50. The maximum Gasteiger partial charge on any atom is 0.137 e. The third kappa shape index (κ3) is 2.57. The molecule has 118 valence electrons. The minimum Gasteiger partial charge on any atom is -0.491 e. The van der Waals surface area contributed by atoms with Gasteiger partial charge in [0.05, 0.1) is 23.5 Å². The number of carbonyl (C=O) groups excluding carboxylic acids is 1. The normalized spacial score (nSPS) is 24.0. The van der Waals surface area contributed by atoms with Gasteiger partial charge in [-0.1, -0.05) is 0 Å². The van der Waals surface area contributed by atoms with Crippen molar-refractivity contribution in [2.45, 2.75) is 37.8 Å². The van der Waals surface area contributed by atoms with E-state index in [1.807, 2.05) is 12.1 Å². The van der Waals surface area contributed by atoms with Crippen LogP contribution in [-0.2, 0) is 4.79 Å². The Morgan fingerprint density at radius 2 is 2.09 bits per heavy atom. The second kappa shape index (κ2) is 5.67. The second-order valence-corrected chi connectivity index (χ2v) is 6.28. The van der Waals surface area contributed by atoms with E-state index >= 15 is 0 Å². The van der Waals surface area contributed by atoms with E-state index in [1.165, 1.54) is 0 Å². The van der Waals surface area contributed by atoms with Crippen LogP contribution in [0.1, 0.15) is 31.2 Å². The number of fused-ring (bicyclic) bond motifs is 3. The molecule has 6 heteroatoms. The van der Waals surface area contributed by atoms with Crippen molar-refractivity contribution in [3.63, 3.8) is 0 Å². The van der Waals surface area contributed by atoms with Gasteiger partial charge in [-0.2, -0.15) is 10.4 Å². The third-order valence-electron chi connectivity index (χ3n) is 4.93. The van der Waals surface area contributed by atoms with Gasteiger partial charge >= 0.3 is 0 Å². The number of hydrogen-bond acceptors (Lipinski definition) is 5. The van der Waals surface area contributed by atoms with Gasteiger partial charge < -0.3 is 4.74 Å². The summed E-state index contributed by atoms with van der Waals surface area (Å²) in [7, 11) is 0. The first-order chi connectivity index (χ1) is 11.2. The summed E-state index contributed by atoms with van der Waals surface area (Å²) in [5.41, 5.74) is 1.35. The molecule has 4 rings (SSSR count). The number of rotatable bonds is 4. The van der Waals surface area contributed by atoms with Gasteiger partial charge in [0.2, 0.25) is 0 Å². The topological polar surface area (TPSA) is 70.6 Å². The molecule has 23 heavy (non-hydrogen) atoms. The molecular weight excluding hydrogens is 292 g/mol. The standard InChI is InChI=1S/C17H18N4O2/c18-9-12-10-19-21-11-16(3-4-17(12)21)23-6-5-20-13-1-2-14(20)8-15(22)7-13/h3-4,10-11,13-14H,1-2,5-8H2. The molecule has 0 aliphatic carbocycles. The van der Waals surface area contributed by atoms with Crippen LogP contribution in [0.15, 0.2) is 24.5 Å². The molecule has 0 spiro atoms. The number of piperidine rings is 1. The van der Waals surface area contributed by atoms with Crippen molar-refractivity contribution in [3.05, 3.63) is 30.1 Å². The Hall–Kier alpha value is -2.39. The molecule has 2 atom stereocenters. The zero-order chi connectivity index (χ0) is 15.8. The summed E-state index contributed by atoms with van der Waals surface area (Å²) in [6, 6.07) is 6.66. The molecule has 2 fully saturated rings. The fraction of sp³-hybridized carbons (Fsp3) is 0.471. The van der Waals surface area contributed by atoms with Crippen molar-refractivity contribution in [1.82, 2.24) is 14.5 Å². The van der Waals surface area contributed by atoms with Crippen molar-refractivity contribution in [3.8, 4) is 11.8 Å². The Morgan fingerprint density at radius 3 is 2.83 bits per heavy atom. The highest BCUT2D eigenvalue weighted by Gasteiger charge is 2.39. The predicted octanol–water partition coefficient (Wildman–Crippen LogP) is 1.78. The molecule has 2 aliphatic heterocycles. The quantitative estimate of drug-likeness (QED) is 0.861. The summed E-state index contributed by atoms with van der Waals surface area (Å²) in [5, 5.41) is 13.1. The SMILES string of the molecule is N#Cc1cnn2cc(OCCN3C4CCC3CC(=O)C4)ccc12. The number of nitriles is 1. The lowest BCUT2D eigenvalue weighted by atomic mass is 10.0. The smallest absolute Gasteiger partial charge is 0.137 e. The maximum atomic E-state index is 11.6. The van der Waals surface area contributed by atoms with Crippen molar-refractivity contribution < 1.29 is 9.53 Å². The number of Topliss-reactive ketones (excluding diaryl/α,β-unsaturated/α-hetero) is 1. The zero-order valence-electron chi connectivity index (χ0n) is 12.8. The lowest BCUT2D eigenvalue weighted by molar-refractivity contribution is -0.123. The Kier molecular flexibility index (Phi) is 3.50. The van der Waals surface area contributed by atoms with E-state index in [1.54, 1.807) is 16.9 Å². The minimum atomic E-state index is 0.409. The van der Waals surface area contributed by atoms with E-state index in [0.29, 0.717) is 42.9 Å². The summed E-state index contributed by atoms with van der Waals surface area (Å²) >= 11 is 0. The lowest BCUT2D eigenvalue weighted by Crippen LogP contribution is -2.44. The van der Waals surface area contributed by atoms with Crippen LogP contribution < -0.4 is 4.74 Å². The second-order valence-electron chi connectivity index (χ2n) is 6.28. The Bertz CT molecular complexity index is 775. The summed E-state index contributed by atoms with van der Waals surface area (Å²) in [4.78, 5) is 14.1. The molecule has 0 radical (unpaired) electrons. The number of carbonyl (C=O) groups is 1. The number of ketones is 1. The molecule has 4 heterocycles. The fourth-order valence-electron chi connectivity index (χ4n) is 3.83. The van der Waals surface area contributed by atoms with Crippen molar-refractivity contribution in [1.29, 1.82) is 5.26 Å². The van der Waals surface area contributed by atoms with Gasteiger partial charge in [-0.25, -0.2) is 4.52 Å². The molecule has 0 aromatic carbocycles. The molecular formula is C17H18N4O2. The van der Waals surface area contributed by atoms with Crippen molar-refractivity contribution in [2.75, 3.05) is 13.2 Å². The van der Waals surface area contributed by atoms with E-state index in [2.05, 4.69) is 16.1 Å². The van der Waals surface area contributed by atoms with Crippen LogP contribution in [0.4, 0.5) is 0 Å². The van der Waals surface area contributed by atoms with Crippen LogP contribution in [-0.4, -0.2) is 45.5 Å². The van der Waals surface area contributed by atoms with E-state index in [0.717, 1.165) is 30.7 Å². The predicted molar refractivity (Wildman–Crippen MR) is 83.2 cm³/mol. The Labute approximate surface area is 134 Å². The van der Waals surface area contributed by atoms with E-state index in [-0.39, 0.29) is 0 Å². The number of pyridine rings is 1. The van der Waals surface area contributed by atoms with Crippen LogP contribution >= 0.6 is 0 Å². The van der Waals surface area contributed by atoms with Gasteiger partial charge in [-0.05, 0) is 25.0 Å². The first-order valence-electron chi connectivity index (χ1n) is 8.02. The molecule has 2 unspecified atom stereocenters. The van der Waals surface area contributed by atoms with Gasteiger partial charge in [-0.15, -0.1) is 0 Å². The average molecular weight is 310 g/mol. The Morgan fingerprint density at radius 1 is 1.30 bits per heavy atom. The van der Waals surface area contributed by atoms with Crippen LogP contribution in [0.2, 0.25) is 0 Å². The number of hydrogen-bond donors (Lipinski definition) is 0. The van der Waals surface area contributed by atoms with Gasteiger partial charge in [0, 0.05) is 31.5 Å². The number of ether oxygens (including phenoxy) is 1. The van der Waals surface area contributed by atoms with Gasteiger partial charge in [0.25, 0.3) is 0 Å². The first-order valence-corrected chi connectivity index (χ1v) is 8.02. The van der Waals surface area contributed by atoms with Crippen molar-refractivity contribution >= 4 is 11.3 Å². The number of aromatic nitrogens is 2. The molecule has 2 aliphatic rings. The van der Waals surface area contributed by atoms with Gasteiger partial charge in [-0.3, -0.25) is 9.69 Å². The lowest BCUT2D eigenvalue weighted by Gasteiger charge is -2.33. The molecule has 0 saturated carbocycles. The highest BCUT2D eigenvalue weighted by molar-refractivity contribution is 5.80. The molecule has 2 aromatic rings. The molecule has 0 N–H and O–H groups in total. The highest BCUT2D eigenvalue weighted by atomic mass is 16.5. The highest BCUT2D eigenvalue weighted by Crippen LogP contribution is 2.33. The average Bonchev–Trinajstić information content (AvgIpc) is 3.06. The minimum absolute atomic E-state index is 0.409. The molecule has 0 amide bonds. The molecule has 2 aromatic heterocycles. The van der Waals surface area contributed by atoms with E-state index in [9.17, 15) is 4.79 Å². The van der Waals surface area contributed by atoms with E-state index < -0.39 is 0 Å². The Balaban J connectivity index is 1.38. The summed E-state index contributed by atoms with van der Waals surface area (Å²) in [5.74, 6) is 1.15. The first kappa shape index (κ1) is 14.2. The third-order valence-corrected chi connectivity index (χ3v) is 4.93. The summed E-state index contributed by atoms with van der Waals surface area (Å²) in [6.45, 7) is 1.45. The monoisotopic (exact) mass is 310 g/mol. The maximum absolute atomic E-state index is 11.6. The number of nitrogens with zero attached hydrogens (tertiary/aromatic N) is 4. The molecule has 2 saturated heterocycles. The molecule has 2 bridgehead atoms. The van der Waals surface area contributed by atoms with Crippen LogP contribution in [0.3, 0.4) is 0 Å². The van der Waals surface area contributed by atoms with Gasteiger partial charge in [0.15, 0.2) is 0 Å². The van der Waals surface area contributed by atoms with E-state index in [4.69, 9.17) is 10.00 Å². The summed E-state index contributed by atoms with van der Waals surface area (Å²) in [6.07, 6.45) is 7.02. The fourth-order valence-corrected chi connectivity index (χ4v) is 3.83. The van der Waals surface area contributed by atoms with Crippen LogP contribution in [0.5, 0.6) is 5.75 Å². The zero-order valence-corrected chi connectivity index (χ0v) is 12.8. The molecule has 6 nitrogen and oxygen atoms in total.